The highest BCUT2D eigenvalue weighted by Gasteiger charge is 2.45. The van der Waals surface area contributed by atoms with Gasteiger partial charge in [-0.2, -0.15) is 0 Å². The second-order valence-electron chi connectivity index (χ2n) is 6.38. The van der Waals surface area contributed by atoms with Crippen molar-refractivity contribution >= 4 is 0 Å². The van der Waals surface area contributed by atoms with Crippen LogP contribution >= 0.6 is 0 Å². The summed E-state index contributed by atoms with van der Waals surface area (Å²) in [7, 11) is 2.22. The van der Waals surface area contributed by atoms with Crippen LogP contribution in [0.25, 0.3) is 0 Å². The number of piperidine rings is 1. The molecule has 1 saturated heterocycles. The average molecular weight is 257 g/mol. The van der Waals surface area contributed by atoms with Gasteiger partial charge in [0, 0.05) is 12.0 Å². The van der Waals surface area contributed by atoms with Gasteiger partial charge in [0.2, 0.25) is 0 Å². The van der Waals surface area contributed by atoms with E-state index in [0.717, 1.165) is 13.0 Å². The lowest BCUT2D eigenvalue weighted by Crippen LogP contribution is -2.50. The third kappa shape index (κ3) is 2.18. The number of phenols is 1. The molecule has 2 nitrogen and oxygen atoms in total. The Bertz CT molecular complexity index is 496. The molecule has 0 spiro atoms. The van der Waals surface area contributed by atoms with Crippen molar-refractivity contribution in [2.45, 2.75) is 31.1 Å². The molecular formula is C17H23NO. The van der Waals surface area contributed by atoms with Crippen LogP contribution in [0.15, 0.2) is 36.4 Å². The monoisotopic (exact) mass is 257 g/mol. The van der Waals surface area contributed by atoms with Crippen molar-refractivity contribution in [1.29, 1.82) is 0 Å². The van der Waals surface area contributed by atoms with E-state index in [1.807, 2.05) is 12.1 Å². The number of hydrogen-bond donors (Lipinski definition) is 1. The fraction of sp³-hybridized carbons (Fsp3) is 0.529. The second kappa shape index (κ2) is 4.68. The Morgan fingerprint density at radius 3 is 3.05 bits per heavy atom. The van der Waals surface area contributed by atoms with Gasteiger partial charge in [-0.3, -0.25) is 0 Å². The first-order chi connectivity index (χ1) is 9.10. The number of benzene rings is 1. The maximum atomic E-state index is 9.82. The highest BCUT2D eigenvalue weighted by molar-refractivity contribution is 5.37. The minimum atomic E-state index is 0.209. The first-order valence-electron chi connectivity index (χ1n) is 7.25. The first-order valence-corrected chi connectivity index (χ1v) is 7.25. The minimum absolute atomic E-state index is 0.209. The summed E-state index contributed by atoms with van der Waals surface area (Å²) in [5.41, 5.74) is 2.90. The van der Waals surface area contributed by atoms with Crippen LogP contribution in [-0.2, 0) is 5.41 Å². The molecule has 0 bridgehead atoms. The first kappa shape index (κ1) is 12.7. The third-order valence-electron chi connectivity index (χ3n) is 5.09. The van der Waals surface area contributed by atoms with Crippen molar-refractivity contribution in [3.63, 3.8) is 0 Å². The Labute approximate surface area is 115 Å². The highest BCUT2D eigenvalue weighted by Crippen LogP contribution is 2.50. The molecule has 19 heavy (non-hydrogen) atoms. The van der Waals surface area contributed by atoms with Gasteiger partial charge in [-0.25, -0.2) is 0 Å². The quantitative estimate of drug-likeness (QED) is 0.780. The Morgan fingerprint density at radius 2 is 2.26 bits per heavy atom. The zero-order valence-corrected chi connectivity index (χ0v) is 11.7. The molecular weight excluding hydrogens is 234 g/mol. The fourth-order valence-corrected chi connectivity index (χ4v) is 4.05. The lowest BCUT2D eigenvalue weighted by Gasteiger charge is -2.51. The van der Waals surface area contributed by atoms with Crippen molar-refractivity contribution in [1.82, 2.24) is 4.90 Å². The number of hydrogen-bond acceptors (Lipinski definition) is 2. The molecule has 3 rings (SSSR count). The van der Waals surface area contributed by atoms with Gasteiger partial charge in [0.05, 0.1) is 0 Å². The van der Waals surface area contributed by atoms with Gasteiger partial charge >= 0.3 is 0 Å². The number of rotatable bonds is 1. The number of aromatic hydroxyl groups is 1. The van der Waals surface area contributed by atoms with Crippen LogP contribution in [0.4, 0.5) is 0 Å². The molecule has 1 aromatic carbocycles. The number of fused-ring (bicyclic) bond motifs is 1. The predicted molar refractivity (Wildman–Crippen MR) is 78.4 cm³/mol. The molecule has 102 valence electrons. The van der Waals surface area contributed by atoms with Crippen molar-refractivity contribution in [2.24, 2.45) is 5.92 Å². The molecule has 1 aliphatic heterocycles. The van der Waals surface area contributed by atoms with Crippen LogP contribution in [0.2, 0.25) is 0 Å². The molecule has 0 amide bonds. The Balaban J connectivity index is 2.02. The molecule has 2 fully saturated rings. The second-order valence-corrected chi connectivity index (χ2v) is 6.38. The predicted octanol–water partition coefficient (Wildman–Crippen LogP) is 3.32. The van der Waals surface area contributed by atoms with Crippen molar-refractivity contribution in [3.05, 3.63) is 42.0 Å². The van der Waals surface area contributed by atoms with Crippen LogP contribution < -0.4 is 0 Å². The summed E-state index contributed by atoms with van der Waals surface area (Å²) in [4.78, 5) is 2.44. The number of likely N-dealkylation sites (tertiary alicyclic amines) is 1. The molecule has 0 aromatic heterocycles. The molecule has 2 aliphatic rings. The van der Waals surface area contributed by atoms with Crippen molar-refractivity contribution in [2.75, 3.05) is 20.1 Å². The van der Waals surface area contributed by atoms with Gasteiger partial charge in [-0.15, -0.1) is 0 Å². The smallest absolute Gasteiger partial charge is 0.115 e. The molecule has 1 heterocycles. The maximum absolute atomic E-state index is 9.82. The topological polar surface area (TPSA) is 23.5 Å². The van der Waals surface area contributed by atoms with E-state index in [2.05, 4.69) is 24.6 Å². The standard InChI is InChI=1S/C17H23NO/c1-13-6-7-15-12-18(2)9-8-17(15,11-13)14-4-3-5-16(19)10-14/h3-5,10,15,19H,1,6-9,11-12H2,2H3/t15-,17-/m0/s1. The lowest BCUT2D eigenvalue weighted by molar-refractivity contribution is 0.0877. The Hall–Kier alpha value is -1.28. The SMILES string of the molecule is C=C1CC[C@H]2CN(C)CC[C@@]2(c2cccc(O)c2)C1. The normalized spacial score (nSPS) is 32.1. The van der Waals surface area contributed by atoms with E-state index in [0.29, 0.717) is 11.7 Å². The summed E-state index contributed by atoms with van der Waals surface area (Å²) in [5.74, 6) is 1.08. The summed E-state index contributed by atoms with van der Waals surface area (Å²) in [5, 5.41) is 9.82. The van der Waals surface area contributed by atoms with E-state index in [9.17, 15) is 5.11 Å². The van der Waals surface area contributed by atoms with Gasteiger partial charge in [0.15, 0.2) is 0 Å². The lowest BCUT2D eigenvalue weighted by atomic mass is 9.58. The molecule has 0 radical (unpaired) electrons. The Morgan fingerprint density at radius 1 is 1.42 bits per heavy atom. The van der Waals surface area contributed by atoms with Crippen LogP contribution in [0, 0.1) is 5.92 Å². The molecule has 1 saturated carbocycles. The number of phenolic OH excluding ortho intramolecular Hbond substituents is 1. The van der Waals surface area contributed by atoms with Crippen LogP contribution in [-0.4, -0.2) is 30.1 Å². The van der Waals surface area contributed by atoms with E-state index >= 15 is 0 Å². The van der Waals surface area contributed by atoms with E-state index < -0.39 is 0 Å². The number of nitrogens with zero attached hydrogens (tertiary/aromatic N) is 1. The van der Waals surface area contributed by atoms with Crippen LogP contribution in [0.1, 0.15) is 31.2 Å². The van der Waals surface area contributed by atoms with Crippen LogP contribution in [0.5, 0.6) is 5.75 Å². The minimum Gasteiger partial charge on any atom is -0.508 e. The van der Waals surface area contributed by atoms with E-state index in [1.54, 1.807) is 6.07 Å². The molecule has 2 heteroatoms. The average Bonchev–Trinajstić information content (AvgIpc) is 2.39. The van der Waals surface area contributed by atoms with Gasteiger partial charge in [-0.1, -0.05) is 24.3 Å². The zero-order valence-electron chi connectivity index (χ0n) is 11.7. The molecule has 1 aliphatic carbocycles. The van der Waals surface area contributed by atoms with E-state index in [1.165, 1.54) is 36.9 Å². The van der Waals surface area contributed by atoms with Gasteiger partial charge in [0.25, 0.3) is 0 Å². The molecule has 2 atom stereocenters. The van der Waals surface area contributed by atoms with E-state index in [-0.39, 0.29) is 5.41 Å². The molecule has 0 unspecified atom stereocenters. The van der Waals surface area contributed by atoms with Gasteiger partial charge in [0.1, 0.15) is 5.75 Å². The summed E-state index contributed by atoms with van der Waals surface area (Å²) in [6.45, 7) is 6.55. The van der Waals surface area contributed by atoms with Gasteiger partial charge in [-0.05, 0) is 62.9 Å². The highest BCUT2D eigenvalue weighted by atomic mass is 16.3. The number of allylic oxidation sites excluding steroid dienone is 1. The molecule has 1 aromatic rings. The summed E-state index contributed by atoms with van der Waals surface area (Å²) >= 11 is 0. The van der Waals surface area contributed by atoms with Crippen LogP contribution in [0.3, 0.4) is 0 Å². The fourth-order valence-electron chi connectivity index (χ4n) is 4.05. The van der Waals surface area contributed by atoms with Crippen molar-refractivity contribution in [3.8, 4) is 5.75 Å². The van der Waals surface area contributed by atoms with E-state index in [4.69, 9.17) is 0 Å². The van der Waals surface area contributed by atoms with Gasteiger partial charge < -0.3 is 10.0 Å². The maximum Gasteiger partial charge on any atom is 0.115 e. The molecule has 1 N–H and O–H groups in total. The Kier molecular flexibility index (Phi) is 3.14. The zero-order chi connectivity index (χ0) is 13.5. The third-order valence-corrected chi connectivity index (χ3v) is 5.09. The summed E-state index contributed by atoms with van der Waals surface area (Å²) in [6.07, 6.45) is 4.67. The van der Waals surface area contributed by atoms with Crippen molar-refractivity contribution < 1.29 is 5.11 Å². The summed E-state index contributed by atoms with van der Waals surface area (Å²) in [6, 6.07) is 7.90. The largest absolute Gasteiger partial charge is 0.508 e. The summed E-state index contributed by atoms with van der Waals surface area (Å²) < 4.78 is 0.